The Morgan fingerprint density at radius 1 is 1.47 bits per heavy atom. The topological polar surface area (TPSA) is 21.3 Å². The van der Waals surface area contributed by atoms with E-state index in [1.807, 2.05) is 6.07 Å². The lowest BCUT2D eigenvalue weighted by molar-refractivity contribution is 0.413. The maximum Gasteiger partial charge on any atom is 0.119 e. The van der Waals surface area contributed by atoms with Crippen LogP contribution in [0.3, 0.4) is 0 Å². The van der Waals surface area contributed by atoms with E-state index in [4.69, 9.17) is 4.74 Å². The predicted molar refractivity (Wildman–Crippen MR) is 74.6 cm³/mol. The minimum atomic E-state index is 0.575. The summed E-state index contributed by atoms with van der Waals surface area (Å²) in [5.41, 5.74) is 1.32. The molecule has 0 aromatic heterocycles. The fraction of sp³-hybridized carbons (Fsp3) is 0.571. The van der Waals surface area contributed by atoms with Crippen LogP contribution in [0.15, 0.2) is 22.7 Å². The van der Waals surface area contributed by atoms with Gasteiger partial charge in [0.1, 0.15) is 5.75 Å². The minimum Gasteiger partial charge on any atom is -0.497 e. The maximum atomic E-state index is 5.28. The molecule has 0 radical (unpaired) electrons. The summed E-state index contributed by atoms with van der Waals surface area (Å²) >= 11 is 3.62. The minimum absolute atomic E-state index is 0.575. The normalized spacial score (nSPS) is 16.9. The monoisotopic (exact) mass is 297 g/mol. The number of nitrogens with one attached hydrogen (secondary N) is 1. The molecule has 0 aliphatic heterocycles. The molecular formula is C14H20BrNO. The van der Waals surface area contributed by atoms with Gasteiger partial charge < -0.3 is 10.1 Å². The van der Waals surface area contributed by atoms with Crippen LogP contribution in [-0.4, -0.2) is 20.2 Å². The molecule has 1 fully saturated rings. The van der Waals surface area contributed by atoms with Crippen molar-refractivity contribution < 1.29 is 4.74 Å². The van der Waals surface area contributed by atoms with E-state index in [1.165, 1.54) is 29.3 Å². The molecule has 0 spiro atoms. The summed E-state index contributed by atoms with van der Waals surface area (Å²) in [7, 11) is 3.77. The van der Waals surface area contributed by atoms with Crippen LogP contribution >= 0.6 is 15.9 Å². The first-order valence-electron chi connectivity index (χ1n) is 6.22. The van der Waals surface area contributed by atoms with Crippen molar-refractivity contribution in [3.8, 4) is 5.75 Å². The molecule has 1 saturated carbocycles. The Kier molecular flexibility index (Phi) is 4.46. The van der Waals surface area contributed by atoms with E-state index in [2.05, 4.69) is 40.4 Å². The SMILES string of the molecule is CNC(Cc1cc(OC)ccc1Br)CC1CC1. The Balaban J connectivity index is 2.03. The molecule has 0 saturated heterocycles. The molecule has 2 rings (SSSR count). The summed E-state index contributed by atoms with van der Waals surface area (Å²) in [5, 5.41) is 3.42. The second-order valence-corrected chi connectivity index (χ2v) is 5.68. The third-order valence-electron chi connectivity index (χ3n) is 3.44. The maximum absolute atomic E-state index is 5.28. The Morgan fingerprint density at radius 2 is 2.24 bits per heavy atom. The number of benzene rings is 1. The molecule has 2 nitrogen and oxygen atoms in total. The fourth-order valence-corrected chi connectivity index (χ4v) is 2.57. The average molecular weight is 298 g/mol. The van der Waals surface area contributed by atoms with Crippen molar-refractivity contribution in [3.05, 3.63) is 28.2 Å². The summed E-state index contributed by atoms with van der Waals surface area (Å²) in [5.74, 6) is 1.89. The van der Waals surface area contributed by atoms with Crippen LogP contribution in [0, 0.1) is 5.92 Å². The Labute approximate surface area is 112 Å². The van der Waals surface area contributed by atoms with Gasteiger partial charge in [0.25, 0.3) is 0 Å². The van der Waals surface area contributed by atoms with Gasteiger partial charge in [-0.25, -0.2) is 0 Å². The van der Waals surface area contributed by atoms with Crippen LogP contribution in [0.4, 0.5) is 0 Å². The first-order chi connectivity index (χ1) is 8.22. The Bertz CT molecular complexity index is 376. The Hall–Kier alpha value is -0.540. The molecule has 1 aliphatic carbocycles. The van der Waals surface area contributed by atoms with Crippen molar-refractivity contribution in [2.45, 2.75) is 31.7 Å². The molecule has 1 aromatic carbocycles. The van der Waals surface area contributed by atoms with E-state index in [0.29, 0.717) is 6.04 Å². The predicted octanol–water partition coefficient (Wildman–Crippen LogP) is 3.39. The number of ether oxygens (including phenoxy) is 1. The average Bonchev–Trinajstić information content (AvgIpc) is 3.14. The molecule has 0 bridgehead atoms. The second-order valence-electron chi connectivity index (χ2n) is 4.83. The molecule has 1 aliphatic rings. The van der Waals surface area contributed by atoms with E-state index in [-0.39, 0.29) is 0 Å². The quantitative estimate of drug-likeness (QED) is 0.869. The van der Waals surface area contributed by atoms with Crippen LogP contribution in [0.25, 0.3) is 0 Å². The van der Waals surface area contributed by atoms with Crippen LogP contribution < -0.4 is 10.1 Å². The number of likely N-dealkylation sites (N-methyl/N-ethyl adjacent to an activating group) is 1. The van der Waals surface area contributed by atoms with Gasteiger partial charge in [-0.05, 0) is 49.6 Å². The first-order valence-corrected chi connectivity index (χ1v) is 7.02. The van der Waals surface area contributed by atoms with Crippen LogP contribution in [0.2, 0.25) is 0 Å². The molecular weight excluding hydrogens is 278 g/mol. The lowest BCUT2D eigenvalue weighted by Gasteiger charge is -2.17. The second kappa shape index (κ2) is 5.87. The lowest BCUT2D eigenvalue weighted by Crippen LogP contribution is -2.28. The highest BCUT2D eigenvalue weighted by Crippen LogP contribution is 2.34. The summed E-state index contributed by atoms with van der Waals surface area (Å²) in [4.78, 5) is 0. The largest absolute Gasteiger partial charge is 0.497 e. The number of hydrogen-bond donors (Lipinski definition) is 1. The van der Waals surface area contributed by atoms with Gasteiger partial charge in [0.2, 0.25) is 0 Å². The van der Waals surface area contributed by atoms with Crippen LogP contribution in [0.1, 0.15) is 24.8 Å². The zero-order valence-corrected chi connectivity index (χ0v) is 12.1. The van der Waals surface area contributed by atoms with Crippen molar-refractivity contribution in [2.75, 3.05) is 14.2 Å². The van der Waals surface area contributed by atoms with Crippen molar-refractivity contribution in [1.82, 2.24) is 5.32 Å². The third-order valence-corrected chi connectivity index (χ3v) is 4.22. The van der Waals surface area contributed by atoms with Gasteiger partial charge in [-0.2, -0.15) is 0 Å². The molecule has 94 valence electrons. The summed E-state index contributed by atoms with van der Waals surface area (Å²) < 4.78 is 6.45. The van der Waals surface area contributed by atoms with Gasteiger partial charge >= 0.3 is 0 Å². The van der Waals surface area contributed by atoms with Gasteiger partial charge in [-0.15, -0.1) is 0 Å². The van der Waals surface area contributed by atoms with Crippen molar-refractivity contribution in [2.24, 2.45) is 5.92 Å². The molecule has 1 atom stereocenters. The molecule has 1 unspecified atom stereocenters. The number of methoxy groups -OCH3 is 1. The summed E-state index contributed by atoms with van der Waals surface area (Å²) in [6.45, 7) is 0. The summed E-state index contributed by atoms with van der Waals surface area (Å²) in [6, 6.07) is 6.76. The number of rotatable bonds is 6. The van der Waals surface area contributed by atoms with E-state index in [9.17, 15) is 0 Å². The molecule has 17 heavy (non-hydrogen) atoms. The highest BCUT2D eigenvalue weighted by Gasteiger charge is 2.25. The third kappa shape index (κ3) is 3.71. The zero-order chi connectivity index (χ0) is 12.3. The van der Waals surface area contributed by atoms with E-state index >= 15 is 0 Å². The van der Waals surface area contributed by atoms with Crippen LogP contribution in [-0.2, 0) is 6.42 Å². The van der Waals surface area contributed by atoms with Gasteiger partial charge in [-0.1, -0.05) is 28.8 Å². The van der Waals surface area contributed by atoms with E-state index in [0.717, 1.165) is 18.1 Å². The summed E-state index contributed by atoms with van der Waals surface area (Å²) in [6.07, 6.45) is 5.18. The van der Waals surface area contributed by atoms with Crippen molar-refractivity contribution in [1.29, 1.82) is 0 Å². The smallest absolute Gasteiger partial charge is 0.119 e. The molecule has 1 aromatic rings. The number of halogens is 1. The van der Waals surface area contributed by atoms with Crippen molar-refractivity contribution in [3.63, 3.8) is 0 Å². The standard InChI is InChI=1S/C14H20BrNO/c1-16-12(7-10-3-4-10)8-11-9-13(17-2)5-6-14(11)15/h5-6,9-10,12,16H,3-4,7-8H2,1-2H3. The van der Waals surface area contributed by atoms with Gasteiger partial charge in [0, 0.05) is 10.5 Å². The highest BCUT2D eigenvalue weighted by molar-refractivity contribution is 9.10. The Morgan fingerprint density at radius 3 is 2.82 bits per heavy atom. The molecule has 0 amide bonds. The van der Waals surface area contributed by atoms with Crippen LogP contribution in [0.5, 0.6) is 5.75 Å². The van der Waals surface area contributed by atoms with E-state index in [1.54, 1.807) is 7.11 Å². The van der Waals surface area contributed by atoms with E-state index < -0.39 is 0 Å². The van der Waals surface area contributed by atoms with Crippen molar-refractivity contribution >= 4 is 15.9 Å². The molecule has 1 N–H and O–H groups in total. The van der Waals surface area contributed by atoms with Gasteiger partial charge in [0.15, 0.2) is 0 Å². The fourth-order valence-electron chi connectivity index (χ4n) is 2.16. The highest BCUT2D eigenvalue weighted by atomic mass is 79.9. The first kappa shape index (κ1) is 12.9. The lowest BCUT2D eigenvalue weighted by atomic mass is 10.0. The van der Waals surface area contributed by atoms with Gasteiger partial charge in [0.05, 0.1) is 7.11 Å². The molecule has 3 heteroatoms. The number of hydrogen-bond acceptors (Lipinski definition) is 2. The zero-order valence-electron chi connectivity index (χ0n) is 10.5. The molecule has 0 heterocycles. The van der Waals surface area contributed by atoms with Gasteiger partial charge in [-0.3, -0.25) is 0 Å².